The van der Waals surface area contributed by atoms with Gasteiger partial charge in [-0.3, -0.25) is 0 Å². The Bertz CT molecular complexity index is 271. The van der Waals surface area contributed by atoms with Crippen molar-refractivity contribution in [2.75, 3.05) is 14.2 Å². The first kappa shape index (κ1) is 11.6. The summed E-state index contributed by atoms with van der Waals surface area (Å²) < 4.78 is 10.3. The molecule has 4 heteroatoms. The zero-order chi connectivity index (χ0) is 10.6. The predicted octanol–water partition coefficient (Wildman–Crippen LogP) is 2.95. The van der Waals surface area contributed by atoms with E-state index >= 15 is 0 Å². The second-order valence-corrected chi connectivity index (χ2v) is 4.11. The molecule has 0 saturated heterocycles. The molecule has 80 valence electrons. The number of methoxy groups -OCH3 is 2. The molecule has 0 aromatic carbocycles. The predicted molar refractivity (Wildman–Crippen MR) is 57.6 cm³/mol. The van der Waals surface area contributed by atoms with Gasteiger partial charge in [-0.25, -0.2) is 4.98 Å². The Morgan fingerprint density at radius 2 is 2.07 bits per heavy atom. The topological polar surface area (TPSA) is 31.4 Å². The average molecular weight is 215 g/mol. The Labute approximate surface area is 89.1 Å². The Hall–Kier alpha value is -0.450. The number of nitrogens with zero attached hydrogens (tertiary/aromatic N) is 1. The van der Waals surface area contributed by atoms with E-state index in [9.17, 15) is 0 Å². The van der Waals surface area contributed by atoms with Crippen molar-refractivity contribution in [1.29, 1.82) is 0 Å². The number of thiazole rings is 1. The molecule has 0 aliphatic heterocycles. The minimum Gasteiger partial charge on any atom is -0.350 e. The summed E-state index contributed by atoms with van der Waals surface area (Å²) in [5, 5.41) is 3.15. The maximum atomic E-state index is 5.13. The third kappa shape index (κ3) is 2.53. The van der Waals surface area contributed by atoms with Crippen molar-refractivity contribution in [3.05, 3.63) is 16.1 Å². The van der Waals surface area contributed by atoms with Gasteiger partial charge in [0, 0.05) is 25.5 Å². The molecule has 1 aromatic heterocycles. The Kier molecular flexibility index (Phi) is 4.51. The van der Waals surface area contributed by atoms with Crippen LogP contribution in [-0.4, -0.2) is 19.2 Å². The van der Waals surface area contributed by atoms with E-state index in [1.54, 1.807) is 25.6 Å². The number of aromatic nitrogens is 1. The first-order chi connectivity index (χ1) is 6.72. The molecule has 0 fully saturated rings. The molecule has 0 radical (unpaired) electrons. The van der Waals surface area contributed by atoms with E-state index in [1.807, 2.05) is 5.38 Å². The van der Waals surface area contributed by atoms with Gasteiger partial charge >= 0.3 is 0 Å². The molecule has 1 atom stereocenters. The van der Waals surface area contributed by atoms with Crippen molar-refractivity contribution in [1.82, 2.24) is 4.98 Å². The van der Waals surface area contributed by atoms with Crippen molar-refractivity contribution in [2.45, 2.75) is 32.5 Å². The van der Waals surface area contributed by atoms with Gasteiger partial charge in [0.2, 0.25) is 6.29 Å². The summed E-state index contributed by atoms with van der Waals surface area (Å²) in [7, 11) is 3.24. The fraction of sp³-hybridized carbons (Fsp3) is 0.700. The highest BCUT2D eigenvalue weighted by molar-refractivity contribution is 7.09. The molecule has 0 aliphatic rings. The SMILES string of the molecule is CCC(C)c1nc(C(OC)OC)cs1. The van der Waals surface area contributed by atoms with Crippen LogP contribution in [0.3, 0.4) is 0 Å². The standard InChI is InChI=1S/C10H17NO2S/c1-5-7(2)9-11-8(6-14-9)10(12-3)13-4/h6-7,10H,5H2,1-4H3. The molecule has 3 nitrogen and oxygen atoms in total. The van der Waals surface area contributed by atoms with Gasteiger partial charge in [-0.2, -0.15) is 0 Å². The quantitative estimate of drug-likeness (QED) is 0.708. The van der Waals surface area contributed by atoms with Crippen molar-refractivity contribution >= 4 is 11.3 Å². The molecular formula is C10H17NO2S. The lowest BCUT2D eigenvalue weighted by atomic mass is 10.1. The van der Waals surface area contributed by atoms with Gasteiger partial charge in [0.15, 0.2) is 0 Å². The zero-order valence-corrected chi connectivity index (χ0v) is 9.93. The minimum atomic E-state index is -0.330. The summed E-state index contributed by atoms with van der Waals surface area (Å²) in [6, 6.07) is 0. The van der Waals surface area contributed by atoms with Gasteiger partial charge in [-0.05, 0) is 6.42 Å². The average Bonchev–Trinajstić information content (AvgIpc) is 2.68. The van der Waals surface area contributed by atoms with Gasteiger partial charge < -0.3 is 9.47 Å². The van der Waals surface area contributed by atoms with E-state index in [0.717, 1.165) is 17.1 Å². The molecule has 1 rings (SSSR count). The number of ether oxygens (including phenoxy) is 2. The fourth-order valence-electron chi connectivity index (χ4n) is 1.15. The van der Waals surface area contributed by atoms with Crippen LogP contribution in [0, 0.1) is 0 Å². The second-order valence-electron chi connectivity index (χ2n) is 3.22. The smallest absolute Gasteiger partial charge is 0.201 e. The van der Waals surface area contributed by atoms with Crippen molar-refractivity contribution < 1.29 is 9.47 Å². The van der Waals surface area contributed by atoms with Gasteiger partial charge in [0.1, 0.15) is 5.69 Å². The third-order valence-corrected chi connectivity index (χ3v) is 3.34. The van der Waals surface area contributed by atoms with Crippen LogP contribution >= 0.6 is 11.3 Å². The molecule has 0 saturated carbocycles. The maximum absolute atomic E-state index is 5.13. The van der Waals surface area contributed by atoms with Crippen LogP contribution in [0.15, 0.2) is 5.38 Å². The number of hydrogen-bond donors (Lipinski definition) is 0. The number of rotatable bonds is 5. The summed E-state index contributed by atoms with van der Waals surface area (Å²) >= 11 is 1.67. The van der Waals surface area contributed by atoms with Crippen LogP contribution < -0.4 is 0 Å². The molecule has 0 spiro atoms. The van der Waals surface area contributed by atoms with E-state index in [4.69, 9.17) is 9.47 Å². The van der Waals surface area contributed by atoms with Crippen LogP contribution in [-0.2, 0) is 9.47 Å². The molecule has 1 aromatic rings. The minimum absolute atomic E-state index is 0.330. The molecule has 1 heterocycles. The first-order valence-electron chi connectivity index (χ1n) is 4.73. The normalized spacial score (nSPS) is 13.5. The largest absolute Gasteiger partial charge is 0.350 e. The molecule has 0 amide bonds. The van der Waals surface area contributed by atoms with Crippen molar-refractivity contribution in [2.24, 2.45) is 0 Å². The molecule has 0 bridgehead atoms. The molecule has 0 N–H and O–H groups in total. The lowest BCUT2D eigenvalue weighted by Gasteiger charge is -2.10. The summed E-state index contributed by atoms with van der Waals surface area (Å²) in [6.07, 6.45) is 0.779. The van der Waals surface area contributed by atoms with E-state index in [-0.39, 0.29) is 6.29 Å². The van der Waals surface area contributed by atoms with Crippen molar-refractivity contribution in [3.63, 3.8) is 0 Å². The van der Waals surface area contributed by atoms with Crippen LogP contribution in [0.2, 0.25) is 0 Å². The second kappa shape index (κ2) is 5.44. The number of hydrogen-bond acceptors (Lipinski definition) is 4. The molecule has 14 heavy (non-hydrogen) atoms. The lowest BCUT2D eigenvalue weighted by molar-refractivity contribution is -0.108. The fourth-order valence-corrected chi connectivity index (χ4v) is 2.11. The van der Waals surface area contributed by atoms with Gasteiger partial charge in [0.05, 0.1) is 5.01 Å². The highest BCUT2D eigenvalue weighted by Gasteiger charge is 2.15. The third-order valence-electron chi connectivity index (χ3n) is 2.24. The van der Waals surface area contributed by atoms with Crippen LogP contribution in [0.5, 0.6) is 0 Å². The van der Waals surface area contributed by atoms with Gasteiger partial charge in [0.25, 0.3) is 0 Å². The monoisotopic (exact) mass is 215 g/mol. The highest BCUT2D eigenvalue weighted by Crippen LogP contribution is 2.26. The van der Waals surface area contributed by atoms with Crippen LogP contribution in [0.1, 0.15) is 43.2 Å². The van der Waals surface area contributed by atoms with Crippen LogP contribution in [0.25, 0.3) is 0 Å². The maximum Gasteiger partial charge on any atom is 0.201 e. The summed E-state index contributed by atoms with van der Waals surface area (Å²) in [4.78, 5) is 4.49. The van der Waals surface area contributed by atoms with E-state index in [0.29, 0.717) is 5.92 Å². The van der Waals surface area contributed by atoms with Crippen LogP contribution in [0.4, 0.5) is 0 Å². The van der Waals surface area contributed by atoms with E-state index in [2.05, 4.69) is 18.8 Å². The summed E-state index contributed by atoms with van der Waals surface area (Å²) in [5.41, 5.74) is 0.871. The van der Waals surface area contributed by atoms with E-state index < -0.39 is 0 Å². The molecular weight excluding hydrogens is 198 g/mol. The lowest BCUT2D eigenvalue weighted by Crippen LogP contribution is -2.04. The van der Waals surface area contributed by atoms with Gasteiger partial charge in [-0.15, -0.1) is 11.3 Å². The summed E-state index contributed by atoms with van der Waals surface area (Å²) in [6.45, 7) is 4.34. The zero-order valence-electron chi connectivity index (χ0n) is 9.11. The summed E-state index contributed by atoms with van der Waals surface area (Å²) in [5.74, 6) is 0.517. The first-order valence-corrected chi connectivity index (χ1v) is 5.61. The Balaban J connectivity index is 2.76. The van der Waals surface area contributed by atoms with Crippen molar-refractivity contribution in [3.8, 4) is 0 Å². The Morgan fingerprint density at radius 3 is 2.57 bits per heavy atom. The molecule has 1 unspecified atom stereocenters. The van der Waals surface area contributed by atoms with Gasteiger partial charge in [-0.1, -0.05) is 13.8 Å². The van der Waals surface area contributed by atoms with E-state index in [1.165, 1.54) is 0 Å². The Morgan fingerprint density at radius 1 is 1.43 bits per heavy atom. The highest BCUT2D eigenvalue weighted by atomic mass is 32.1. The molecule has 0 aliphatic carbocycles.